The molecular weight excluding hydrogens is 272 g/mol. The number of ether oxygens (including phenoxy) is 3. The van der Waals surface area contributed by atoms with Crippen LogP contribution in [0.4, 0.5) is 0 Å². The van der Waals surface area contributed by atoms with E-state index >= 15 is 0 Å². The Bertz CT molecular complexity index is 545. The molecule has 1 aromatic carbocycles. The molecule has 0 aromatic heterocycles. The molecule has 0 saturated heterocycles. The Balaban J connectivity index is 2.42. The van der Waals surface area contributed by atoms with E-state index in [9.17, 15) is 4.79 Å². The largest absolute Gasteiger partial charge is 0.493 e. The Kier molecular flexibility index (Phi) is 4.57. The zero-order valence-corrected chi connectivity index (χ0v) is 12.9. The molecule has 2 N–H and O–H groups in total. The zero-order valence-electron chi connectivity index (χ0n) is 12.9. The van der Waals surface area contributed by atoms with E-state index < -0.39 is 0 Å². The summed E-state index contributed by atoms with van der Waals surface area (Å²) >= 11 is 0. The summed E-state index contributed by atoms with van der Waals surface area (Å²) in [7, 11) is 4.81. The van der Waals surface area contributed by atoms with E-state index in [1.807, 2.05) is 13.0 Å². The summed E-state index contributed by atoms with van der Waals surface area (Å²) in [5.41, 5.74) is 7.57. The third kappa shape index (κ3) is 2.76. The molecule has 1 aromatic rings. The monoisotopic (exact) mass is 294 g/mol. The molecule has 1 amide bonds. The summed E-state index contributed by atoms with van der Waals surface area (Å²) in [4.78, 5) is 13.4. The lowest BCUT2D eigenvalue weighted by Crippen LogP contribution is -2.45. The summed E-state index contributed by atoms with van der Waals surface area (Å²) in [5.74, 6) is 1.63. The number of rotatable bonds is 5. The number of nitrogens with zero attached hydrogens (tertiary/aromatic N) is 1. The van der Waals surface area contributed by atoms with E-state index in [-0.39, 0.29) is 11.9 Å². The van der Waals surface area contributed by atoms with Crippen LogP contribution < -0.4 is 19.9 Å². The molecular formula is C15H22N2O4. The van der Waals surface area contributed by atoms with Gasteiger partial charge < -0.3 is 19.9 Å². The molecule has 21 heavy (non-hydrogen) atoms. The highest BCUT2D eigenvalue weighted by atomic mass is 16.5. The van der Waals surface area contributed by atoms with Crippen molar-refractivity contribution in [1.82, 2.24) is 4.90 Å². The molecule has 1 atom stereocenters. The Morgan fingerprint density at radius 3 is 2.43 bits per heavy atom. The average Bonchev–Trinajstić information content (AvgIpc) is 2.51. The Morgan fingerprint density at radius 1 is 1.24 bits per heavy atom. The molecule has 116 valence electrons. The second kappa shape index (κ2) is 6.22. The lowest BCUT2D eigenvalue weighted by Gasteiger charge is -2.33. The van der Waals surface area contributed by atoms with Gasteiger partial charge in [0.05, 0.1) is 27.4 Å². The van der Waals surface area contributed by atoms with Crippen LogP contribution in [0.25, 0.3) is 0 Å². The van der Waals surface area contributed by atoms with Gasteiger partial charge in [0.25, 0.3) is 0 Å². The van der Waals surface area contributed by atoms with Gasteiger partial charge in [-0.1, -0.05) is 0 Å². The lowest BCUT2D eigenvalue weighted by atomic mass is 9.96. The summed E-state index contributed by atoms with van der Waals surface area (Å²) in [6, 6.07) is 1.65. The first-order chi connectivity index (χ1) is 10.0. The van der Waals surface area contributed by atoms with E-state index in [1.165, 1.54) is 0 Å². The van der Waals surface area contributed by atoms with Gasteiger partial charge in [-0.2, -0.15) is 0 Å². The van der Waals surface area contributed by atoms with Crippen molar-refractivity contribution in [3.05, 3.63) is 17.2 Å². The number of methoxy groups -OCH3 is 3. The second-order valence-corrected chi connectivity index (χ2v) is 5.08. The number of primary amides is 1. The van der Waals surface area contributed by atoms with Crippen LogP contribution in [0, 0.1) is 0 Å². The van der Waals surface area contributed by atoms with Crippen molar-refractivity contribution in [3.8, 4) is 17.2 Å². The average molecular weight is 294 g/mol. The van der Waals surface area contributed by atoms with Crippen molar-refractivity contribution in [1.29, 1.82) is 0 Å². The molecule has 2 rings (SSSR count). The molecule has 1 aliphatic heterocycles. The number of amides is 1. The minimum absolute atomic E-state index is 0.294. The number of hydrogen-bond acceptors (Lipinski definition) is 5. The van der Waals surface area contributed by atoms with Gasteiger partial charge in [-0.05, 0) is 25.0 Å². The van der Waals surface area contributed by atoms with Crippen LogP contribution in [0.15, 0.2) is 6.07 Å². The number of benzene rings is 1. The van der Waals surface area contributed by atoms with Crippen molar-refractivity contribution in [2.24, 2.45) is 5.73 Å². The smallest absolute Gasteiger partial charge is 0.234 e. The predicted molar refractivity (Wildman–Crippen MR) is 78.9 cm³/mol. The fraction of sp³-hybridized carbons (Fsp3) is 0.533. The SMILES string of the molecule is COc1cc2c(c(OC)c1OC)CCN(C(C)C(N)=O)C2. The second-order valence-electron chi connectivity index (χ2n) is 5.08. The van der Waals surface area contributed by atoms with Gasteiger partial charge in [-0.3, -0.25) is 9.69 Å². The number of nitrogens with two attached hydrogens (primary N) is 1. The van der Waals surface area contributed by atoms with Gasteiger partial charge in [0, 0.05) is 18.7 Å². The Labute approximate surface area is 124 Å². The van der Waals surface area contributed by atoms with Crippen LogP contribution in [0.2, 0.25) is 0 Å². The van der Waals surface area contributed by atoms with Gasteiger partial charge in [0.2, 0.25) is 11.7 Å². The van der Waals surface area contributed by atoms with Crippen molar-refractivity contribution in [2.45, 2.75) is 25.9 Å². The highest BCUT2D eigenvalue weighted by Gasteiger charge is 2.28. The van der Waals surface area contributed by atoms with Crippen molar-refractivity contribution >= 4 is 5.91 Å². The number of carbonyl (C=O) groups excluding carboxylic acids is 1. The molecule has 0 bridgehead atoms. The van der Waals surface area contributed by atoms with E-state index in [1.54, 1.807) is 21.3 Å². The maximum absolute atomic E-state index is 11.4. The molecule has 0 fully saturated rings. The topological polar surface area (TPSA) is 74.0 Å². The molecule has 0 saturated carbocycles. The molecule has 6 nitrogen and oxygen atoms in total. The van der Waals surface area contributed by atoms with Crippen LogP contribution in [0.1, 0.15) is 18.1 Å². The van der Waals surface area contributed by atoms with E-state index in [0.29, 0.717) is 23.8 Å². The maximum atomic E-state index is 11.4. The quantitative estimate of drug-likeness (QED) is 0.875. The van der Waals surface area contributed by atoms with Crippen molar-refractivity contribution in [2.75, 3.05) is 27.9 Å². The Morgan fingerprint density at radius 2 is 1.90 bits per heavy atom. The third-order valence-electron chi connectivity index (χ3n) is 4.01. The highest BCUT2D eigenvalue weighted by Crippen LogP contribution is 2.43. The van der Waals surface area contributed by atoms with Gasteiger partial charge in [-0.25, -0.2) is 0 Å². The molecule has 1 aliphatic rings. The third-order valence-corrected chi connectivity index (χ3v) is 4.01. The van der Waals surface area contributed by atoms with Crippen molar-refractivity contribution in [3.63, 3.8) is 0 Å². The molecule has 6 heteroatoms. The molecule has 0 radical (unpaired) electrons. The van der Waals surface area contributed by atoms with Gasteiger partial charge in [0.15, 0.2) is 11.5 Å². The lowest BCUT2D eigenvalue weighted by molar-refractivity contribution is -0.123. The van der Waals surface area contributed by atoms with Gasteiger partial charge >= 0.3 is 0 Å². The fourth-order valence-corrected chi connectivity index (χ4v) is 2.75. The molecule has 0 spiro atoms. The number of hydrogen-bond donors (Lipinski definition) is 1. The minimum atomic E-state index is -0.314. The van der Waals surface area contributed by atoms with E-state index in [0.717, 1.165) is 24.1 Å². The van der Waals surface area contributed by atoms with Crippen LogP contribution >= 0.6 is 0 Å². The molecule has 1 heterocycles. The highest BCUT2D eigenvalue weighted by molar-refractivity contribution is 5.79. The van der Waals surface area contributed by atoms with Crippen LogP contribution in [0.5, 0.6) is 17.2 Å². The van der Waals surface area contributed by atoms with Crippen molar-refractivity contribution < 1.29 is 19.0 Å². The van der Waals surface area contributed by atoms with E-state index in [4.69, 9.17) is 19.9 Å². The van der Waals surface area contributed by atoms with Crippen LogP contribution in [0.3, 0.4) is 0 Å². The zero-order chi connectivity index (χ0) is 15.6. The predicted octanol–water partition coefficient (Wildman–Crippen LogP) is 0.944. The van der Waals surface area contributed by atoms with Gasteiger partial charge in [0.1, 0.15) is 0 Å². The first-order valence-corrected chi connectivity index (χ1v) is 6.87. The normalized spacial score (nSPS) is 16.0. The first-order valence-electron chi connectivity index (χ1n) is 6.87. The van der Waals surface area contributed by atoms with E-state index in [2.05, 4.69) is 4.90 Å². The summed E-state index contributed by atoms with van der Waals surface area (Å²) < 4.78 is 16.3. The number of carbonyl (C=O) groups is 1. The molecule has 0 aliphatic carbocycles. The number of fused-ring (bicyclic) bond motifs is 1. The summed E-state index contributed by atoms with van der Waals surface area (Å²) in [5, 5.41) is 0. The fourth-order valence-electron chi connectivity index (χ4n) is 2.75. The Hall–Kier alpha value is -1.95. The van der Waals surface area contributed by atoms with Crippen LogP contribution in [-0.2, 0) is 17.8 Å². The maximum Gasteiger partial charge on any atom is 0.234 e. The summed E-state index contributed by atoms with van der Waals surface area (Å²) in [6.45, 7) is 3.21. The van der Waals surface area contributed by atoms with Crippen LogP contribution in [-0.4, -0.2) is 44.7 Å². The molecule has 1 unspecified atom stereocenters. The van der Waals surface area contributed by atoms with Gasteiger partial charge in [-0.15, -0.1) is 0 Å². The minimum Gasteiger partial charge on any atom is -0.493 e. The first kappa shape index (κ1) is 15.4. The summed E-state index contributed by atoms with van der Waals surface area (Å²) in [6.07, 6.45) is 0.774. The standard InChI is InChI=1S/C15H22N2O4/c1-9(15(16)18)17-6-5-11-10(8-17)7-12(19-2)14(21-4)13(11)20-3/h7,9H,5-6,8H2,1-4H3,(H2,16,18).